The molecule has 2 aromatic heterocycles. The van der Waals surface area contributed by atoms with E-state index in [1.807, 2.05) is 42.7 Å². The Bertz CT molecular complexity index is 882. The minimum Gasteiger partial charge on any atom is -0.462 e. The highest BCUT2D eigenvalue weighted by Crippen LogP contribution is 2.28. The van der Waals surface area contributed by atoms with Crippen LogP contribution in [0.4, 0.5) is 0 Å². The number of pyridine rings is 1. The predicted molar refractivity (Wildman–Crippen MR) is 102 cm³/mol. The van der Waals surface area contributed by atoms with Crippen LogP contribution in [0.1, 0.15) is 13.8 Å². The summed E-state index contributed by atoms with van der Waals surface area (Å²) in [5.41, 5.74) is 1.67. The molecule has 0 radical (unpaired) electrons. The normalized spacial score (nSPS) is 10.9. The number of nitrogens with zero attached hydrogens (tertiary/aromatic N) is 4. The lowest BCUT2D eigenvalue weighted by atomic mass is 10.2. The Balaban J connectivity index is 1.95. The van der Waals surface area contributed by atoms with Crippen LogP contribution in [0.3, 0.4) is 0 Å². The van der Waals surface area contributed by atoms with Gasteiger partial charge in [-0.05, 0) is 50.2 Å². The highest BCUT2D eigenvalue weighted by Gasteiger charge is 2.18. The van der Waals surface area contributed by atoms with E-state index in [2.05, 4.69) is 15.2 Å². The lowest BCUT2D eigenvalue weighted by molar-refractivity contribution is -0.144. The van der Waals surface area contributed by atoms with Gasteiger partial charge >= 0.3 is 5.97 Å². The summed E-state index contributed by atoms with van der Waals surface area (Å²) in [6.07, 6.45) is 3.27. The van der Waals surface area contributed by atoms with Crippen molar-refractivity contribution >= 4 is 29.3 Å². The maximum absolute atomic E-state index is 11.9. The Labute approximate surface area is 160 Å². The number of carbonyl (C=O) groups excluding carboxylic acids is 1. The molecule has 0 atom stereocenters. The number of rotatable bonds is 6. The van der Waals surface area contributed by atoms with E-state index in [1.165, 1.54) is 11.8 Å². The van der Waals surface area contributed by atoms with E-state index < -0.39 is 0 Å². The number of hydrogen-bond acceptors (Lipinski definition) is 6. The molecule has 8 heteroatoms. The molecule has 0 aliphatic carbocycles. The molecule has 2 heterocycles. The molecule has 1 aromatic carbocycles. The molecule has 0 amide bonds. The molecule has 0 aliphatic rings. The van der Waals surface area contributed by atoms with Gasteiger partial charge in [0.05, 0.1) is 11.9 Å². The second-order valence-electron chi connectivity index (χ2n) is 5.69. The zero-order valence-corrected chi connectivity index (χ0v) is 15.9. The minimum atomic E-state index is -0.293. The molecule has 6 nitrogen and oxygen atoms in total. The number of halogens is 1. The van der Waals surface area contributed by atoms with Crippen molar-refractivity contribution in [3.05, 3.63) is 53.8 Å². The van der Waals surface area contributed by atoms with Crippen LogP contribution in [0.15, 0.2) is 53.9 Å². The third kappa shape index (κ3) is 4.42. The first kappa shape index (κ1) is 18.4. The lowest BCUT2D eigenvalue weighted by Crippen LogP contribution is -2.13. The van der Waals surface area contributed by atoms with Crippen LogP contribution in [0, 0.1) is 0 Å². The van der Waals surface area contributed by atoms with Crippen molar-refractivity contribution in [2.45, 2.75) is 25.1 Å². The topological polar surface area (TPSA) is 69.9 Å². The van der Waals surface area contributed by atoms with Crippen LogP contribution in [0.25, 0.3) is 17.1 Å². The summed E-state index contributed by atoms with van der Waals surface area (Å²) in [5, 5.41) is 9.77. The molecular formula is C18H17ClN4O2S. The number of carbonyl (C=O) groups is 1. The molecule has 0 spiro atoms. The van der Waals surface area contributed by atoms with Gasteiger partial charge in [-0.15, -0.1) is 10.2 Å². The van der Waals surface area contributed by atoms with E-state index in [9.17, 15) is 4.79 Å². The molecule has 26 heavy (non-hydrogen) atoms. The van der Waals surface area contributed by atoms with Gasteiger partial charge in [-0.2, -0.15) is 0 Å². The number of esters is 1. The monoisotopic (exact) mass is 388 g/mol. The van der Waals surface area contributed by atoms with Gasteiger partial charge in [0.15, 0.2) is 11.0 Å². The van der Waals surface area contributed by atoms with Crippen LogP contribution < -0.4 is 0 Å². The van der Waals surface area contributed by atoms with Gasteiger partial charge in [0, 0.05) is 28.7 Å². The van der Waals surface area contributed by atoms with Gasteiger partial charge in [0.2, 0.25) is 0 Å². The van der Waals surface area contributed by atoms with Crippen molar-refractivity contribution in [2.75, 3.05) is 5.75 Å². The molecule has 3 rings (SSSR count). The number of hydrogen-bond donors (Lipinski definition) is 0. The molecule has 0 saturated carbocycles. The molecule has 0 aliphatic heterocycles. The molecule has 134 valence electrons. The van der Waals surface area contributed by atoms with E-state index in [1.54, 1.807) is 24.5 Å². The second-order valence-corrected chi connectivity index (χ2v) is 7.07. The van der Waals surface area contributed by atoms with Crippen LogP contribution in [0.5, 0.6) is 0 Å². The average molecular weight is 389 g/mol. The number of ether oxygens (including phenoxy) is 1. The van der Waals surface area contributed by atoms with E-state index >= 15 is 0 Å². The first-order valence-corrected chi connectivity index (χ1v) is 9.35. The molecular weight excluding hydrogens is 372 g/mol. The number of thioether (sulfide) groups is 1. The van der Waals surface area contributed by atoms with E-state index in [4.69, 9.17) is 16.3 Å². The lowest BCUT2D eigenvalue weighted by Gasteiger charge is -2.11. The van der Waals surface area contributed by atoms with Gasteiger partial charge in [-0.1, -0.05) is 23.4 Å². The van der Waals surface area contributed by atoms with Gasteiger partial charge < -0.3 is 4.74 Å². The Morgan fingerprint density at radius 3 is 2.65 bits per heavy atom. The van der Waals surface area contributed by atoms with Crippen LogP contribution in [0.2, 0.25) is 5.02 Å². The summed E-state index contributed by atoms with van der Waals surface area (Å²) in [6, 6.07) is 11.1. The first-order valence-electron chi connectivity index (χ1n) is 7.98. The fourth-order valence-electron chi connectivity index (χ4n) is 2.29. The third-order valence-corrected chi connectivity index (χ3v) is 4.48. The van der Waals surface area contributed by atoms with Crippen LogP contribution in [-0.2, 0) is 9.53 Å². The van der Waals surface area contributed by atoms with Crippen molar-refractivity contribution in [1.29, 1.82) is 0 Å². The second kappa shape index (κ2) is 8.33. The summed E-state index contributed by atoms with van der Waals surface area (Å²) in [6.45, 7) is 3.64. The van der Waals surface area contributed by atoms with E-state index in [0.29, 0.717) is 16.0 Å². The minimum absolute atomic E-state index is 0.150. The molecule has 0 bridgehead atoms. The van der Waals surface area contributed by atoms with Crippen LogP contribution in [-0.4, -0.2) is 37.6 Å². The predicted octanol–water partition coefficient (Wildman–Crippen LogP) is 4.03. The van der Waals surface area contributed by atoms with Crippen molar-refractivity contribution in [3.8, 4) is 17.1 Å². The first-order chi connectivity index (χ1) is 12.5. The molecule has 0 fully saturated rings. The van der Waals surface area contributed by atoms with Gasteiger partial charge in [-0.25, -0.2) is 0 Å². The maximum atomic E-state index is 11.9. The van der Waals surface area contributed by atoms with Crippen LogP contribution >= 0.6 is 23.4 Å². The van der Waals surface area contributed by atoms with E-state index in [0.717, 1.165) is 11.3 Å². The number of benzene rings is 1. The Kier molecular flexibility index (Phi) is 5.90. The van der Waals surface area contributed by atoms with Gasteiger partial charge in [-0.3, -0.25) is 14.3 Å². The summed E-state index contributed by atoms with van der Waals surface area (Å²) in [4.78, 5) is 16.0. The number of aromatic nitrogens is 4. The standard InChI is InChI=1S/C18H17ClN4O2S/c1-12(2)25-16(24)11-26-18-22-21-17(13-4-3-9-20-10-13)23(18)15-7-5-14(19)6-8-15/h3-10,12H,11H2,1-2H3. The third-order valence-electron chi connectivity index (χ3n) is 3.32. The quantitative estimate of drug-likeness (QED) is 0.469. The molecule has 3 aromatic rings. The van der Waals surface area contributed by atoms with E-state index in [-0.39, 0.29) is 17.8 Å². The highest BCUT2D eigenvalue weighted by molar-refractivity contribution is 7.99. The maximum Gasteiger partial charge on any atom is 0.316 e. The van der Waals surface area contributed by atoms with Crippen molar-refractivity contribution in [1.82, 2.24) is 19.7 Å². The van der Waals surface area contributed by atoms with Gasteiger partial charge in [0.25, 0.3) is 0 Å². The van der Waals surface area contributed by atoms with Crippen molar-refractivity contribution in [2.24, 2.45) is 0 Å². The zero-order chi connectivity index (χ0) is 18.5. The Morgan fingerprint density at radius 1 is 1.23 bits per heavy atom. The summed E-state index contributed by atoms with van der Waals surface area (Å²) >= 11 is 7.28. The SMILES string of the molecule is CC(C)OC(=O)CSc1nnc(-c2cccnc2)n1-c1ccc(Cl)cc1. The smallest absolute Gasteiger partial charge is 0.316 e. The zero-order valence-electron chi connectivity index (χ0n) is 14.3. The molecule has 0 saturated heterocycles. The summed E-state index contributed by atoms with van der Waals surface area (Å²) in [5.74, 6) is 0.496. The van der Waals surface area contributed by atoms with Crippen molar-refractivity contribution < 1.29 is 9.53 Å². The largest absolute Gasteiger partial charge is 0.462 e. The fourth-order valence-corrected chi connectivity index (χ4v) is 3.15. The van der Waals surface area contributed by atoms with Crippen molar-refractivity contribution in [3.63, 3.8) is 0 Å². The average Bonchev–Trinajstić information content (AvgIpc) is 3.05. The fraction of sp³-hybridized carbons (Fsp3) is 0.222. The Morgan fingerprint density at radius 2 is 2.00 bits per heavy atom. The highest BCUT2D eigenvalue weighted by atomic mass is 35.5. The summed E-state index contributed by atoms with van der Waals surface area (Å²) in [7, 11) is 0. The van der Waals surface area contributed by atoms with Gasteiger partial charge in [0.1, 0.15) is 0 Å². The molecule has 0 unspecified atom stereocenters. The summed E-state index contributed by atoms with van der Waals surface area (Å²) < 4.78 is 7.06. The Hall–Kier alpha value is -2.38. The molecule has 0 N–H and O–H groups in total.